The van der Waals surface area contributed by atoms with Crippen molar-refractivity contribution in [1.29, 1.82) is 0 Å². The maximum absolute atomic E-state index is 4.19. The van der Waals surface area contributed by atoms with E-state index in [2.05, 4.69) is 54.5 Å². The van der Waals surface area contributed by atoms with E-state index in [1.807, 2.05) is 18.5 Å². The smallest absolute Gasteiger partial charge is 0.0315 e. The van der Waals surface area contributed by atoms with Crippen LogP contribution >= 0.6 is 0 Å². The maximum Gasteiger partial charge on any atom is 0.0315 e. The Morgan fingerprint density at radius 2 is 1.90 bits per heavy atom. The second-order valence-corrected chi connectivity index (χ2v) is 5.95. The van der Waals surface area contributed by atoms with Gasteiger partial charge in [0.25, 0.3) is 0 Å². The van der Waals surface area contributed by atoms with Gasteiger partial charge in [-0.3, -0.25) is 4.98 Å². The predicted octanol–water partition coefficient (Wildman–Crippen LogP) is 3.99. The van der Waals surface area contributed by atoms with Gasteiger partial charge in [-0.1, -0.05) is 35.9 Å². The number of pyridine rings is 1. The molecule has 1 atom stereocenters. The summed E-state index contributed by atoms with van der Waals surface area (Å²) >= 11 is 0. The van der Waals surface area contributed by atoms with Gasteiger partial charge in [0.05, 0.1) is 0 Å². The average molecular weight is 266 g/mol. The molecule has 0 unspecified atom stereocenters. The lowest BCUT2D eigenvalue weighted by Crippen LogP contribution is -2.41. The first kappa shape index (κ1) is 13.3. The van der Waals surface area contributed by atoms with Gasteiger partial charge in [-0.2, -0.15) is 0 Å². The van der Waals surface area contributed by atoms with Crippen molar-refractivity contribution in [2.75, 3.05) is 0 Å². The Bertz CT molecular complexity index is 541. The van der Waals surface area contributed by atoms with Crippen LogP contribution in [0.1, 0.15) is 48.4 Å². The van der Waals surface area contributed by atoms with Gasteiger partial charge < -0.3 is 5.32 Å². The molecule has 1 aromatic heterocycles. The van der Waals surface area contributed by atoms with Crippen molar-refractivity contribution in [3.63, 3.8) is 0 Å². The van der Waals surface area contributed by atoms with E-state index in [0.29, 0.717) is 12.1 Å². The number of hydrogen-bond acceptors (Lipinski definition) is 2. The number of nitrogens with zero attached hydrogens (tertiary/aromatic N) is 1. The van der Waals surface area contributed by atoms with Crippen LogP contribution in [0.15, 0.2) is 48.8 Å². The summed E-state index contributed by atoms with van der Waals surface area (Å²) in [7, 11) is 0. The largest absolute Gasteiger partial charge is 0.307 e. The lowest BCUT2D eigenvalue weighted by Gasteiger charge is -2.38. The number of rotatable bonds is 4. The van der Waals surface area contributed by atoms with Crippen molar-refractivity contribution in [3.8, 4) is 0 Å². The summed E-state index contributed by atoms with van der Waals surface area (Å²) in [5.41, 5.74) is 4.10. The fourth-order valence-corrected chi connectivity index (χ4v) is 2.95. The molecule has 1 heterocycles. The highest BCUT2D eigenvalue weighted by molar-refractivity contribution is 5.27. The standard InChI is InChI=1S/C18H22N2/c1-13-5-7-15(8-6-13)17-10-18(11-17)20-14(2)16-4-3-9-19-12-16/h3-9,12,14,17-18,20H,10-11H2,1-2H3/t14-,17?,18?/m1/s1. The van der Waals surface area contributed by atoms with Crippen LogP contribution in [0.5, 0.6) is 0 Å². The van der Waals surface area contributed by atoms with E-state index in [0.717, 1.165) is 5.92 Å². The topological polar surface area (TPSA) is 24.9 Å². The zero-order valence-electron chi connectivity index (χ0n) is 12.2. The van der Waals surface area contributed by atoms with Crippen molar-refractivity contribution >= 4 is 0 Å². The van der Waals surface area contributed by atoms with Crippen LogP contribution in [0.2, 0.25) is 0 Å². The summed E-state index contributed by atoms with van der Waals surface area (Å²) in [5, 5.41) is 3.70. The van der Waals surface area contributed by atoms with E-state index in [1.54, 1.807) is 0 Å². The van der Waals surface area contributed by atoms with Crippen LogP contribution in [0, 0.1) is 6.92 Å². The molecule has 0 amide bonds. The molecule has 0 radical (unpaired) electrons. The third kappa shape index (κ3) is 2.91. The fraction of sp³-hybridized carbons (Fsp3) is 0.389. The maximum atomic E-state index is 4.19. The van der Waals surface area contributed by atoms with Crippen LogP contribution in [0.4, 0.5) is 0 Å². The lowest BCUT2D eigenvalue weighted by atomic mass is 9.75. The predicted molar refractivity (Wildman–Crippen MR) is 82.7 cm³/mol. The van der Waals surface area contributed by atoms with Crippen LogP contribution in [-0.4, -0.2) is 11.0 Å². The van der Waals surface area contributed by atoms with Crippen LogP contribution in [0.25, 0.3) is 0 Å². The summed E-state index contributed by atoms with van der Waals surface area (Å²) in [6, 6.07) is 14.2. The minimum absolute atomic E-state index is 0.382. The molecule has 1 aliphatic carbocycles. The summed E-state index contributed by atoms with van der Waals surface area (Å²) in [6.45, 7) is 4.36. The van der Waals surface area contributed by atoms with Gasteiger partial charge in [0.1, 0.15) is 0 Å². The van der Waals surface area contributed by atoms with E-state index in [1.165, 1.54) is 29.5 Å². The zero-order valence-corrected chi connectivity index (χ0v) is 12.2. The van der Waals surface area contributed by atoms with Crippen LogP contribution < -0.4 is 5.32 Å². The van der Waals surface area contributed by atoms with E-state index >= 15 is 0 Å². The Labute approximate surface area is 121 Å². The van der Waals surface area contributed by atoms with Gasteiger partial charge in [-0.25, -0.2) is 0 Å². The quantitative estimate of drug-likeness (QED) is 0.905. The molecule has 1 N–H and O–H groups in total. The molecule has 1 saturated carbocycles. The van der Waals surface area contributed by atoms with Crippen molar-refractivity contribution in [3.05, 3.63) is 65.5 Å². The highest BCUT2D eigenvalue weighted by Gasteiger charge is 2.30. The Morgan fingerprint density at radius 3 is 2.55 bits per heavy atom. The Kier molecular flexibility index (Phi) is 3.83. The second-order valence-electron chi connectivity index (χ2n) is 5.95. The minimum atomic E-state index is 0.382. The van der Waals surface area contributed by atoms with Gasteiger partial charge in [-0.15, -0.1) is 0 Å². The van der Waals surface area contributed by atoms with Crippen LogP contribution in [-0.2, 0) is 0 Å². The van der Waals surface area contributed by atoms with Crippen molar-refractivity contribution < 1.29 is 0 Å². The molecule has 0 aliphatic heterocycles. The zero-order chi connectivity index (χ0) is 13.9. The molecule has 1 aromatic carbocycles. The third-order valence-corrected chi connectivity index (χ3v) is 4.36. The molecule has 0 saturated heterocycles. The van der Waals surface area contributed by atoms with Crippen molar-refractivity contribution in [2.45, 2.75) is 44.7 Å². The Hall–Kier alpha value is -1.67. The molecule has 1 aliphatic rings. The fourth-order valence-electron chi connectivity index (χ4n) is 2.95. The Morgan fingerprint density at radius 1 is 1.15 bits per heavy atom. The molecular formula is C18H22N2. The molecule has 104 valence electrons. The van der Waals surface area contributed by atoms with Gasteiger partial charge in [0.15, 0.2) is 0 Å². The first-order chi connectivity index (χ1) is 9.72. The molecule has 1 fully saturated rings. The van der Waals surface area contributed by atoms with Crippen molar-refractivity contribution in [2.24, 2.45) is 0 Å². The van der Waals surface area contributed by atoms with E-state index in [-0.39, 0.29) is 0 Å². The SMILES string of the molecule is Cc1ccc(C2CC(N[C@H](C)c3cccnc3)C2)cc1. The van der Waals surface area contributed by atoms with Gasteiger partial charge in [0, 0.05) is 24.5 Å². The molecule has 20 heavy (non-hydrogen) atoms. The minimum Gasteiger partial charge on any atom is -0.307 e. The molecular weight excluding hydrogens is 244 g/mol. The van der Waals surface area contributed by atoms with E-state index in [9.17, 15) is 0 Å². The molecule has 3 rings (SSSR count). The summed E-state index contributed by atoms with van der Waals surface area (Å²) in [5.74, 6) is 0.731. The Balaban J connectivity index is 1.52. The average Bonchev–Trinajstić information content (AvgIpc) is 2.44. The van der Waals surface area contributed by atoms with Crippen molar-refractivity contribution in [1.82, 2.24) is 10.3 Å². The molecule has 0 bridgehead atoms. The highest BCUT2D eigenvalue weighted by atomic mass is 15.0. The molecule has 0 spiro atoms. The number of benzene rings is 1. The number of hydrogen-bond donors (Lipinski definition) is 1. The summed E-state index contributed by atoms with van der Waals surface area (Å²) in [6.07, 6.45) is 6.27. The third-order valence-electron chi connectivity index (χ3n) is 4.36. The van der Waals surface area contributed by atoms with E-state index < -0.39 is 0 Å². The number of aromatic nitrogens is 1. The molecule has 2 heteroatoms. The van der Waals surface area contributed by atoms with Gasteiger partial charge in [-0.05, 0) is 49.8 Å². The van der Waals surface area contributed by atoms with Gasteiger partial charge >= 0.3 is 0 Å². The number of aryl methyl sites for hydroxylation is 1. The highest BCUT2D eigenvalue weighted by Crippen LogP contribution is 2.37. The molecule has 2 nitrogen and oxygen atoms in total. The second kappa shape index (κ2) is 5.76. The lowest BCUT2D eigenvalue weighted by molar-refractivity contribution is 0.271. The van der Waals surface area contributed by atoms with E-state index in [4.69, 9.17) is 0 Å². The summed E-state index contributed by atoms with van der Waals surface area (Å²) < 4.78 is 0. The number of nitrogens with one attached hydrogen (secondary N) is 1. The first-order valence-corrected chi connectivity index (χ1v) is 7.45. The summed E-state index contributed by atoms with van der Waals surface area (Å²) in [4.78, 5) is 4.19. The van der Waals surface area contributed by atoms with Gasteiger partial charge in [0.2, 0.25) is 0 Å². The first-order valence-electron chi connectivity index (χ1n) is 7.45. The monoisotopic (exact) mass is 266 g/mol. The molecule has 2 aromatic rings. The normalized spacial score (nSPS) is 23.1. The van der Waals surface area contributed by atoms with Crippen LogP contribution in [0.3, 0.4) is 0 Å².